The van der Waals surface area contributed by atoms with Crippen LogP contribution in [0.3, 0.4) is 0 Å². The van der Waals surface area contributed by atoms with Gasteiger partial charge < -0.3 is 10.1 Å². The lowest BCUT2D eigenvalue weighted by Crippen LogP contribution is -2.34. The van der Waals surface area contributed by atoms with Crippen molar-refractivity contribution >= 4 is 22.0 Å². The van der Waals surface area contributed by atoms with Crippen LogP contribution in [0.4, 0.5) is 0 Å². The molecule has 1 fully saturated rings. The molecule has 0 spiro atoms. The van der Waals surface area contributed by atoms with E-state index in [9.17, 15) is 13.2 Å². The van der Waals surface area contributed by atoms with Crippen LogP contribution in [-0.4, -0.2) is 34.5 Å². The highest BCUT2D eigenvalue weighted by Crippen LogP contribution is 2.25. The van der Waals surface area contributed by atoms with E-state index in [1.54, 1.807) is 18.2 Å². The Morgan fingerprint density at radius 3 is 2.58 bits per heavy atom. The van der Waals surface area contributed by atoms with Crippen molar-refractivity contribution in [3.05, 3.63) is 29.8 Å². The molecule has 2 rings (SSSR count). The minimum atomic E-state index is -3.63. The van der Waals surface area contributed by atoms with Gasteiger partial charge in [0.15, 0.2) is 0 Å². The van der Waals surface area contributed by atoms with Gasteiger partial charge in [-0.3, -0.25) is 4.79 Å². The molecule has 0 atom stereocenters. The van der Waals surface area contributed by atoms with Crippen LogP contribution in [0, 0.1) is 0 Å². The van der Waals surface area contributed by atoms with E-state index in [0.717, 1.165) is 25.7 Å². The summed E-state index contributed by atoms with van der Waals surface area (Å²) in [5.74, 6) is 0.101. The van der Waals surface area contributed by atoms with Gasteiger partial charge in [0.05, 0.1) is 7.11 Å². The van der Waals surface area contributed by atoms with Crippen molar-refractivity contribution in [1.29, 1.82) is 0 Å². The van der Waals surface area contributed by atoms with E-state index < -0.39 is 10.0 Å². The first-order valence-corrected chi connectivity index (χ1v) is 9.55. The van der Waals surface area contributed by atoms with Crippen LogP contribution in [0.25, 0.3) is 6.08 Å². The molecule has 132 valence electrons. The van der Waals surface area contributed by atoms with Gasteiger partial charge in [0.25, 0.3) is 0 Å². The summed E-state index contributed by atoms with van der Waals surface area (Å²) in [6.07, 6.45) is 8.62. The van der Waals surface area contributed by atoms with Gasteiger partial charge in [0.2, 0.25) is 15.9 Å². The molecule has 0 unspecified atom stereocenters. The molecular weight excluding hydrogens is 328 g/mol. The Bertz CT molecular complexity index is 707. The third kappa shape index (κ3) is 4.82. The summed E-state index contributed by atoms with van der Waals surface area (Å²) < 4.78 is 31.4. The number of sulfonamides is 1. The fourth-order valence-electron chi connectivity index (χ4n) is 2.79. The highest BCUT2D eigenvalue weighted by Gasteiger charge is 2.18. The number of rotatable bonds is 6. The second-order valence-corrected chi connectivity index (χ2v) is 7.65. The standard InChI is InChI=1S/C17H24N2O4S/c1-18-24(21,22)16-12-13(8-10-15(16)23-2)9-11-17(20)19-14-6-4-3-5-7-14/h8-12,14,18H,3-7H2,1-2H3,(H,19,20)/b11-9+. The molecule has 1 aliphatic rings. The molecule has 0 heterocycles. The van der Waals surface area contributed by atoms with E-state index in [0.29, 0.717) is 5.56 Å². The third-order valence-corrected chi connectivity index (χ3v) is 5.56. The maximum absolute atomic E-state index is 12.0. The van der Waals surface area contributed by atoms with Gasteiger partial charge in [-0.15, -0.1) is 0 Å². The Kier molecular flexibility index (Phi) is 6.39. The third-order valence-electron chi connectivity index (χ3n) is 4.12. The van der Waals surface area contributed by atoms with Crippen LogP contribution < -0.4 is 14.8 Å². The number of hydrogen-bond donors (Lipinski definition) is 2. The zero-order valence-corrected chi connectivity index (χ0v) is 14.9. The van der Waals surface area contributed by atoms with Crippen LogP contribution >= 0.6 is 0 Å². The summed E-state index contributed by atoms with van der Waals surface area (Å²) in [4.78, 5) is 12.0. The van der Waals surface area contributed by atoms with Crippen molar-refractivity contribution in [2.75, 3.05) is 14.2 Å². The molecule has 24 heavy (non-hydrogen) atoms. The maximum atomic E-state index is 12.0. The molecule has 1 aromatic carbocycles. The summed E-state index contributed by atoms with van der Waals surface area (Å²) in [5, 5.41) is 2.99. The lowest BCUT2D eigenvalue weighted by molar-refractivity contribution is -0.117. The second kappa shape index (κ2) is 8.30. The molecule has 1 aromatic rings. The molecule has 1 aliphatic carbocycles. The highest BCUT2D eigenvalue weighted by atomic mass is 32.2. The average Bonchev–Trinajstić information content (AvgIpc) is 2.60. The molecule has 1 amide bonds. The smallest absolute Gasteiger partial charge is 0.244 e. The zero-order valence-electron chi connectivity index (χ0n) is 14.0. The van der Waals surface area contributed by atoms with Gasteiger partial charge in [0, 0.05) is 12.1 Å². The SMILES string of the molecule is CNS(=O)(=O)c1cc(/C=C/C(=O)NC2CCCCC2)ccc1OC. The number of carbonyl (C=O) groups is 1. The Balaban J connectivity index is 2.11. The molecule has 1 saturated carbocycles. The largest absolute Gasteiger partial charge is 0.495 e. The minimum Gasteiger partial charge on any atom is -0.495 e. The first kappa shape index (κ1) is 18.5. The summed E-state index contributed by atoms with van der Waals surface area (Å²) in [6, 6.07) is 5.00. The molecule has 2 N–H and O–H groups in total. The fourth-order valence-corrected chi connectivity index (χ4v) is 3.71. The number of benzene rings is 1. The molecule has 0 aromatic heterocycles. The Labute approximate surface area is 143 Å². The topological polar surface area (TPSA) is 84.5 Å². The molecule has 0 aliphatic heterocycles. The van der Waals surface area contributed by atoms with Crippen molar-refractivity contribution in [2.45, 2.75) is 43.0 Å². The van der Waals surface area contributed by atoms with Crippen LogP contribution in [-0.2, 0) is 14.8 Å². The van der Waals surface area contributed by atoms with E-state index >= 15 is 0 Å². The van der Waals surface area contributed by atoms with E-state index in [4.69, 9.17) is 4.74 Å². The Hall–Kier alpha value is -1.86. The minimum absolute atomic E-state index is 0.0438. The van der Waals surface area contributed by atoms with Gasteiger partial charge in [-0.1, -0.05) is 25.3 Å². The van der Waals surface area contributed by atoms with E-state index in [1.165, 1.54) is 32.7 Å². The number of hydrogen-bond acceptors (Lipinski definition) is 4. The molecule has 7 heteroatoms. The van der Waals surface area contributed by atoms with Gasteiger partial charge in [0.1, 0.15) is 10.6 Å². The van der Waals surface area contributed by atoms with Crippen molar-refractivity contribution in [3.8, 4) is 5.75 Å². The maximum Gasteiger partial charge on any atom is 0.244 e. The predicted molar refractivity (Wildman–Crippen MR) is 93.3 cm³/mol. The number of methoxy groups -OCH3 is 1. The van der Waals surface area contributed by atoms with Gasteiger partial charge in [-0.25, -0.2) is 13.1 Å². The lowest BCUT2D eigenvalue weighted by Gasteiger charge is -2.21. The van der Waals surface area contributed by atoms with Gasteiger partial charge in [-0.2, -0.15) is 0 Å². The predicted octanol–water partition coefficient (Wildman–Crippen LogP) is 2.07. The van der Waals surface area contributed by atoms with Crippen LogP contribution in [0.5, 0.6) is 5.75 Å². The first-order valence-electron chi connectivity index (χ1n) is 8.06. The van der Waals surface area contributed by atoms with Crippen LogP contribution in [0.15, 0.2) is 29.2 Å². The van der Waals surface area contributed by atoms with Crippen molar-refractivity contribution < 1.29 is 17.9 Å². The second-order valence-electron chi connectivity index (χ2n) is 5.79. The highest BCUT2D eigenvalue weighted by molar-refractivity contribution is 7.89. The molecule has 6 nitrogen and oxygen atoms in total. The summed E-state index contributed by atoms with van der Waals surface area (Å²) in [7, 11) is -0.878. The quantitative estimate of drug-likeness (QED) is 0.768. The van der Waals surface area contributed by atoms with E-state index in [2.05, 4.69) is 10.0 Å². The number of amides is 1. The van der Waals surface area contributed by atoms with Crippen LogP contribution in [0.1, 0.15) is 37.7 Å². The molecule has 0 bridgehead atoms. The number of ether oxygens (including phenoxy) is 1. The molecular formula is C17H24N2O4S. The lowest BCUT2D eigenvalue weighted by atomic mass is 9.95. The number of carbonyl (C=O) groups excluding carboxylic acids is 1. The normalized spacial score (nSPS) is 16.2. The van der Waals surface area contributed by atoms with Crippen molar-refractivity contribution in [2.24, 2.45) is 0 Å². The number of nitrogens with one attached hydrogen (secondary N) is 2. The fraction of sp³-hybridized carbons (Fsp3) is 0.471. The zero-order chi connectivity index (χ0) is 17.6. The van der Waals surface area contributed by atoms with E-state index in [-0.39, 0.29) is 22.6 Å². The van der Waals surface area contributed by atoms with Crippen LogP contribution in [0.2, 0.25) is 0 Å². The summed E-state index contributed by atoms with van der Waals surface area (Å²) in [5.41, 5.74) is 0.614. The summed E-state index contributed by atoms with van der Waals surface area (Å²) >= 11 is 0. The van der Waals surface area contributed by atoms with E-state index in [1.807, 2.05) is 0 Å². The van der Waals surface area contributed by atoms with Gasteiger partial charge >= 0.3 is 0 Å². The Morgan fingerprint density at radius 2 is 1.96 bits per heavy atom. The van der Waals surface area contributed by atoms with Gasteiger partial charge in [-0.05, 0) is 43.7 Å². The van der Waals surface area contributed by atoms with Crippen molar-refractivity contribution in [3.63, 3.8) is 0 Å². The molecule has 0 radical (unpaired) electrons. The molecule has 0 saturated heterocycles. The monoisotopic (exact) mass is 352 g/mol. The summed E-state index contributed by atoms with van der Waals surface area (Å²) in [6.45, 7) is 0. The average molecular weight is 352 g/mol. The first-order chi connectivity index (χ1) is 11.5. The Morgan fingerprint density at radius 1 is 1.25 bits per heavy atom. The van der Waals surface area contributed by atoms with Crippen molar-refractivity contribution in [1.82, 2.24) is 10.0 Å².